The minimum atomic E-state index is -5.60. The summed E-state index contributed by atoms with van der Waals surface area (Å²) in [5.41, 5.74) is 2.12. The molecule has 58 heavy (non-hydrogen) atoms. The Balaban J connectivity index is 1.46. The Hall–Kier alpha value is -3.01. The summed E-state index contributed by atoms with van der Waals surface area (Å²) in [4.78, 5) is 98.3. The summed E-state index contributed by atoms with van der Waals surface area (Å²) in [5.74, 6) is -2.96. The molecule has 0 aromatic carbocycles. The van der Waals surface area contributed by atoms with E-state index in [1.165, 1.54) is 13.8 Å². The van der Waals surface area contributed by atoms with Crippen molar-refractivity contribution < 1.29 is 95.5 Å². The van der Waals surface area contributed by atoms with Crippen LogP contribution in [0.25, 0.3) is 11.2 Å². The van der Waals surface area contributed by atoms with E-state index in [1.807, 2.05) is 0 Å². The number of aromatic nitrogens is 4. The van der Waals surface area contributed by atoms with Gasteiger partial charge in [-0.15, -0.1) is 0 Å². The molecule has 2 amide bonds. The third-order valence-corrected chi connectivity index (χ3v) is 12.1. The molecule has 31 heteroatoms. The topological polar surface area (TPSA) is 421 Å². The van der Waals surface area contributed by atoms with E-state index in [0.717, 1.165) is 35.9 Å². The van der Waals surface area contributed by atoms with Crippen LogP contribution in [-0.2, 0) is 55.5 Å². The number of imidazole rings is 1. The minimum absolute atomic E-state index is 0.0152. The molecule has 8 unspecified atom stereocenters. The highest BCUT2D eigenvalue weighted by molar-refractivity contribution is 8.13. The number of hydrogen-bond donors (Lipinski definition) is 11. The summed E-state index contributed by atoms with van der Waals surface area (Å²) in [7, 11) is -16.5. The van der Waals surface area contributed by atoms with Gasteiger partial charge in [0.2, 0.25) is 11.8 Å². The number of nitrogens with two attached hydrogens (primary N) is 1. The van der Waals surface area contributed by atoms with Gasteiger partial charge in [0.25, 0.3) is 0 Å². The number of carboxylic acid groups (broad SMARTS) is 1. The molecule has 1 fully saturated rings. The third-order valence-electron chi connectivity index (χ3n) is 8.04. The number of nitrogens with zero attached hydrogens (tertiary/aromatic N) is 4. The van der Waals surface area contributed by atoms with Crippen molar-refractivity contribution in [1.82, 2.24) is 30.2 Å². The van der Waals surface area contributed by atoms with Crippen molar-refractivity contribution in [2.45, 2.75) is 76.3 Å². The molecule has 0 aliphatic carbocycles. The Morgan fingerprint density at radius 3 is 2.31 bits per heavy atom. The number of amides is 2. The zero-order valence-corrected chi connectivity index (χ0v) is 34.3. The van der Waals surface area contributed by atoms with Crippen LogP contribution in [0.3, 0.4) is 0 Å². The van der Waals surface area contributed by atoms with Gasteiger partial charge in [0.1, 0.15) is 36.3 Å². The zero-order chi connectivity index (χ0) is 43.9. The Bertz CT molecular complexity index is 1950. The van der Waals surface area contributed by atoms with Gasteiger partial charge in [-0.3, -0.25) is 32.5 Å². The molecule has 328 valence electrons. The van der Waals surface area contributed by atoms with Crippen molar-refractivity contribution in [2.75, 3.05) is 37.8 Å². The minimum Gasteiger partial charge on any atom is -0.479 e. The summed E-state index contributed by atoms with van der Waals surface area (Å²) in [6.07, 6.45) is -7.66. The number of carbonyl (C=O) groups is 4. The van der Waals surface area contributed by atoms with E-state index >= 15 is 0 Å². The second kappa shape index (κ2) is 20.0. The molecule has 1 saturated heterocycles. The highest BCUT2D eigenvalue weighted by Gasteiger charge is 2.50. The van der Waals surface area contributed by atoms with Gasteiger partial charge in [-0.1, -0.05) is 25.6 Å². The summed E-state index contributed by atoms with van der Waals surface area (Å²) in [5, 5.41) is 44.3. The molecule has 3 rings (SSSR count). The maximum absolute atomic E-state index is 12.7. The number of rotatable bonds is 23. The molecule has 1 aliphatic heterocycles. The average molecular weight is 912 g/mol. The Morgan fingerprint density at radius 1 is 1.02 bits per heavy atom. The number of hydrogen-bond acceptors (Lipinski definition) is 20. The number of anilines is 1. The quantitative estimate of drug-likeness (QED) is 0.0436. The summed E-state index contributed by atoms with van der Waals surface area (Å²) in [6.45, 7) is 1.18. The molecule has 0 radical (unpaired) electrons. The van der Waals surface area contributed by atoms with Crippen molar-refractivity contribution in [3.8, 4) is 0 Å². The normalized spacial score (nSPS) is 22.4. The second-order valence-corrected chi connectivity index (χ2v) is 18.8. The molecule has 27 nitrogen and oxygen atoms in total. The molecule has 2 aromatic heterocycles. The monoisotopic (exact) mass is 911 g/mol. The van der Waals surface area contributed by atoms with E-state index in [2.05, 4.69) is 34.4 Å². The second-order valence-electron chi connectivity index (χ2n) is 13.4. The summed E-state index contributed by atoms with van der Waals surface area (Å²) in [6, 6.07) is 0. The number of nitrogens with one attached hydrogen (secondary N) is 2. The molecule has 8 atom stereocenters. The van der Waals surface area contributed by atoms with E-state index in [1.54, 1.807) is 0 Å². The van der Waals surface area contributed by atoms with Crippen molar-refractivity contribution in [2.24, 2.45) is 5.41 Å². The fourth-order valence-corrected chi connectivity index (χ4v) is 8.33. The predicted molar refractivity (Wildman–Crippen MR) is 195 cm³/mol. The predicted octanol–water partition coefficient (Wildman–Crippen LogP) is -1.72. The van der Waals surface area contributed by atoms with Crippen LogP contribution in [0.5, 0.6) is 0 Å². The number of ether oxygens (including phenoxy) is 1. The van der Waals surface area contributed by atoms with Gasteiger partial charge in [0, 0.05) is 37.1 Å². The van der Waals surface area contributed by atoms with Crippen LogP contribution in [0.2, 0.25) is 0 Å². The largest absolute Gasteiger partial charge is 0.481 e. The van der Waals surface area contributed by atoms with Crippen molar-refractivity contribution in [1.29, 1.82) is 0 Å². The van der Waals surface area contributed by atoms with Crippen LogP contribution >= 0.6 is 35.2 Å². The van der Waals surface area contributed by atoms with Crippen LogP contribution in [0.15, 0.2) is 12.7 Å². The standard InChI is InChI=1S/C27H44N7O20P3S/c1-26(2,20(38)23(39)30-7-5-15(35)29-8-9-58-16(36)4-6-27(3,42)25(40)41)11-51-57(48,49)54-56(46,47)50-10-14-19(53-55(43,44)45)18(37)24(52-14)34-13-33-17-21(28)31-12-32-22(17)34/h12-14,18-20,24,37-38,42H,4-11H2,1-3H3,(H,29,35)(H,30,39)(H,40,41)(H,46,47)(H,48,49)(H2,28,31,32)(H2,43,44,45). The van der Waals surface area contributed by atoms with Gasteiger partial charge in [-0.25, -0.2) is 33.4 Å². The lowest BCUT2D eigenvalue weighted by molar-refractivity contribution is -0.157. The molecule has 0 saturated carbocycles. The average Bonchev–Trinajstić information content (AvgIpc) is 3.67. The number of thioether (sulfide) groups is 1. The van der Waals surface area contributed by atoms with Crippen molar-refractivity contribution >= 4 is 75.1 Å². The highest BCUT2D eigenvalue weighted by Crippen LogP contribution is 2.61. The summed E-state index contributed by atoms with van der Waals surface area (Å²) >= 11 is 0.819. The number of carbonyl (C=O) groups excluding carboxylic acids is 3. The molecule has 1 aliphatic rings. The highest BCUT2D eigenvalue weighted by atomic mass is 32.2. The lowest BCUT2D eigenvalue weighted by Gasteiger charge is -2.30. The molecular formula is C27H44N7O20P3S. The number of aliphatic hydroxyl groups excluding tert-OH is 2. The van der Waals surface area contributed by atoms with Gasteiger partial charge in [-0.2, -0.15) is 4.31 Å². The Labute approximate surface area is 332 Å². The van der Waals surface area contributed by atoms with E-state index in [-0.39, 0.29) is 55.1 Å². The number of aliphatic carboxylic acids is 1. The summed E-state index contributed by atoms with van der Waals surface area (Å²) < 4.78 is 62.0. The van der Waals surface area contributed by atoms with Crippen molar-refractivity contribution in [3.63, 3.8) is 0 Å². The SMILES string of the molecule is CC(O)(CCC(=O)SCCNC(=O)CCNC(=O)C(O)C(C)(C)COP(=O)(O)OP(=O)(O)OCC1OC(n2cnc3c(N)ncnc32)C(O)C1OP(=O)(O)O)C(=O)O. The number of phosphoric ester groups is 3. The maximum atomic E-state index is 12.7. The van der Waals surface area contributed by atoms with Gasteiger partial charge in [0.15, 0.2) is 28.4 Å². The molecule has 0 spiro atoms. The molecule has 2 aromatic rings. The van der Waals surface area contributed by atoms with E-state index in [0.29, 0.717) is 0 Å². The van der Waals surface area contributed by atoms with Crippen molar-refractivity contribution in [3.05, 3.63) is 12.7 Å². The third kappa shape index (κ3) is 14.6. The van der Waals surface area contributed by atoms with Crippen LogP contribution in [0, 0.1) is 5.41 Å². The van der Waals surface area contributed by atoms with Crippen LogP contribution < -0.4 is 16.4 Å². The zero-order valence-electron chi connectivity index (χ0n) is 30.8. The van der Waals surface area contributed by atoms with Crippen LogP contribution in [-0.4, -0.2) is 144 Å². The lowest BCUT2D eigenvalue weighted by atomic mass is 9.87. The first kappa shape index (κ1) is 49.4. The number of phosphoric acid groups is 3. The maximum Gasteiger partial charge on any atom is 0.481 e. The number of aliphatic hydroxyl groups is 3. The molecular weight excluding hydrogens is 867 g/mol. The lowest BCUT2D eigenvalue weighted by Crippen LogP contribution is -2.46. The smallest absolute Gasteiger partial charge is 0.479 e. The van der Waals surface area contributed by atoms with Crippen LogP contribution in [0.4, 0.5) is 5.82 Å². The molecule has 3 heterocycles. The number of fused-ring (bicyclic) bond motifs is 1. The van der Waals surface area contributed by atoms with Gasteiger partial charge >= 0.3 is 29.4 Å². The van der Waals surface area contributed by atoms with E-state index < -0.39 is 101 Å². The van der Waals surface area contributed by atoms with E-state index in [4.69, 9.17) is 24.6 Å². The fourth-order valence-electron chi connectivity index (χ4n) is 4.82. The number of carboxylic acids is 1. The first-order chi connectivity index (χ1) is 26.6. The molecule has 0 bridgehead atoms. The fraction of sp³-hybridized carbons (Fsp3) is 0.667. The van der Waals surface area contributed by atoms with Gasteiger partial charge < -0.3 is 61.1 Å². The first-order valence-corrected chi connectivity index (χ1v) is 22.2. The Morgan fingerprint density at radius 2 is 1.67 bits per heavy atom. The van der Waals surface area contributed by atoms with Gasteiger partial charge in [-0.05, 0) is 13.3 Å². The Kier molecular flexibility index (Phi) is 17.0. The van der Waals surface area contributed by atoms with Gasteiger partial charge in [0.05, 0.1) is 19.5 Å². The number of nitrogen functional groups attached to an aromatic ring is 1. The van der Waals surface area contributed by atoms with Crippen LogP contribution in [0.1, 0.15) is 46.3 Å². The van der Waals surface area contributed by atoms with E-state index in [9.17, 15) is 67.8 Å². The first-order valence-electron chi connectivity index (χ1n) is 16.6. The molecule has 12 N–H and O–H groups in total.